The summed E-state index contributed by atoms with van der Waals surface area (Å²) in [6.45, 7) is 16.1. The first-order valence-corrected chi connectivity index (χ1v) is 7.32. The summed E-state index contributed by atoms with van der Waals surface area (Å²) in [4.78, 5) is 2.42. The van der Waals surface area contributed by atoms with Crippen LogP contribution in [0, 0.1) is 6.92 Å². The van der Waals surface area contributed by atoms with E-state index in [1.165, 1.54) is 11.4 Å². The molecular formula is C15H30N4. The quantitative estimate of drug-likeness (QED) is 0.859. The first-order valence-electron chi connectivity index (χ1n) is 7.32. The van der Waals surface area contributed by atoms with Crippen molar-refractivity contribution in [1.29, 1.82) is 0 Å². The average molecular weight is 266 g/mol. The van der Waals surface area contributed by atoms with Crippen molar-refractivity contribution in [3.05, 3.63) is 11.3 Å². The Morgan fingerprint density at radius 3 is 2.37 bits per heavy atom. The van der Waals surface area contributed by atoms with Gasteiger partial charge in [-0.15, -0.1) is 0 Å². The molecule has 1 N–H and O–H groups in total. The Morgan fingerprint density at radius 1 is 1.26 bits per heavy atom. The first kappa shape index (κ1) is 16.0. The molecule has 4 nitrogen and oxygen atoms in total. The molecule has 0 amide bonds. The monoisotopic (exact) mass is 266 g/mol. The Kier molecular flexibility index (Phi) is 5.41. The molecule has 0 aliphatic carbocycles. The van der Waals surface area contributed by atoms with Crippen molar-refractivity contribution < 1.29 is 0 Å². The molecule has 19 heavy (non-hydrogen) atoms. The van der Waals surface area contributed by atoms with E-state index in [-0.39, 0.29) is 5.54 Å². The zero-order valence-electron chi connectivity index (χ0n) is 13.7. The number of rotatable bonds is 6. The minimum Gasteiger partial charge on any atom is -0.357 e. The molecule has 0 atom stereocenters. The van der Waals surface area contributed by atoms with Crippen molar-refractivity contribution in [3.8, 4) is 0 Å². The molecule has 0 fully saturated rings. The first-order chi connectivity index (χ1) is 8.80. The molecule has 0 aromatic carbocycles. The van der Waals surface area contributed by atoms with Gasteiger partial charge in [0.25, 0.3) is 0 Å². The molecule has 1 heterocycles. The summed E-state index contributed by atoms with van der Waals surface area (Å²) in [6.07, 6.45) is 1.16. The maximum absolute atomic E-state index is 4.60. The Labute approximate surface area is 118 Å². The van der Waals surface area contributed by atoms with Crippen LogP contribution >= 0.6 is 0 Å². The predicted octanol–water partition coefficient (Wildman–Crippen LogP) is 2.85. The van der Waals surface area contributed by atoms with Crippen molar-refractivity contribution in [3.63, 3.8) is 0 Å². The Hall–Kier alpha value is -1.03. The summed E-state index contributed by atoms with van der Waals surface area (Å²) in [5, 5.41) is 8.17. The topological polar surface area (TPSA) is 33.1 Å². The SMILES string of the molecule is CCCN(CC)c1c(CNC(C)(C)C)c(C)nn1C. The van der Waals surface area contributed by atoms with Crippen LogP contribution in [0.1, 0.15) is 52.3 Å². The van der Waals surface area contributed by atoms with Gasteiger partial charge >= 0.3 is 0 Å². The molecule has 0 saturated carbocycles. The molecule has 0 spiro atoms. The number of aryl methyl sites for hydroxylation is 2. The fourth-order valence-corrected chi connectivity index (χ4v) is 2.33. The van der Waals surface area contributed by atoms with E-state index in [0.717, 1.165) is 31.7 Å². The van der Waals surface area contributed by atoms with Crippen LogP contribution in [0.5, 0.6) is 0 Å². The van der Waals surface area contributed by atoms with Gasteiger partial charge in [0.1, 0.15) is 5.82 Å². The normalized spacial score (nSPS) is 11.9. The van der Waals surface area contributed by atoms with E-state index >= 15 is 0 Å². The van der Waals surface area contributed by atoms with Crippen LogP contribution in [0.2, 0.25) is 0 Å². The van der Waals surface area contributed by atoms with Crippen molar-refractivity contribution in [2.75, 3.05) is 18.0 Å². The highest BCUT2D eigenvalue weighted by atomic mass is 15.4. The third kappa shape index (κ3) is 4.23. The molecule has 1 aromatic rings. The van der Waals surface area contributed by atoms with Crippen LogP contribution < -0.4 is 10.2 Å². The Morgan fingerprint density at radius 2 is 1.89 bits per heavy atom. The van der Waals surface area contributed by atoms with Crippen molar-refractivity contribution in [2.24, 2.45) is 7.05 Å². The van der Waals surface area contributed by atoms with Crippen LogP contribution in [-0.2, 0) is 13.6 Å². The van der Waals surface area contributed by atoms with Gasteiger partial charge in [-0.3, -0.25) is 4.68 Å². The summed E-state index contributed by atoms with van der Waals surface area (Å²) in [6, 6.07) is 0. The van der Waals surface area contributed by atoms with E-state index in [4.69, 9.17) is 0 Å². The van der Waals surface area contributed by atoms with Gasteiger partial charge in [0.2, 0.25) is 0 Å². The number of nitrogens with zero attached hydrogens (tertiary/aromatic N) is 3. The lowest BCUT2D eigenvalue weighted by Crippen LogP contribution is -2.36. The Bertz CT molecular complexity index is 401. The zero-order valence-corrected chi connectivity index (χ0v) is 13.7. The van der Waals surface area contributed by atoms with Crippen LogP contribution in [0.3, 0.4) is 0 Å². The number of hydrogen-bond acceptors (Lipinski definition) is 3. The lowest BCUT2D eigenvalue weighted by atomic mass is 10.1. The van der Waals surface area contributed by atoms with Gasteiger partial charge < -0.3 is 10.2 Å². The summed E-state index contributed by atoms with van der Waals surface area (Å²) in [5.74, 6) is 1.26. The summed E-state index contributed by atoms with van der Waals surface area (Å²) >= 11 is 0. The maximum Gasteiger partial charge on any atom is 0.131 e. The van der Waals surface area contributed by atoms with Gasteiger partial charge in [0.05, 0.1) is 5.69 Å². The minimum absolute atomic E-state index is 0.126. The average Bonchev–Trinajstić information content (AvgIpc) is 2.57. The van der Waals surface area contributed by atoms with Crippen LogP contribution in [0.25, 0.3) is 0 Å². The van der Waals surface area contributed by atoms with Crippen molar-refractivity contribution >= 4 is 5.82 Å². The van der Waals surface area contributed by atoms with E-state index in [2.05, 4.69) is 56.9 Å². The van der Waals surface area contributed by atoms with Gasteiger partial charge in [-0.05, 0) is 41.0 Å². The lowest BCUT2D eigenvalue weighted by molar-refractivity contribution is 0.423. The molecule has 4 heteroatoms. The molecule has 0 radical (unpaired) electrons. The minimum atomic E-state index is 0.126. The summed E-state index contributed by atoms with van der Waals surface area (Å²) < 4.78 is 2.02. The van der Waals surface area contributed by atoms with Crippen LogP contribution in [0.15, 0.2) is 0 Å². The molecule has 0 unspecified atom stereocenters. The van der Waals surface area contributed by atoms with E-state index < -0.39 is 0 Å². The fraction of sp³-hybridized carbons (Fsp3) is 0.800. The molecule has 0 aliphatic rings. The Balaban J connectivity index is 3.02. The van der Waals surface area contributed by atoms with Gasteiger partial charge in [-0.25, -0.2) is 0 Å². The van der Waals surface area contributed by atoms with E-state index in [9.17, 15) is 0 Å². The smallest absolute Gasteiger partial charge is 0.131 e. The highest BCUT2D eigenvalue weighted by Crippen LogP contribution is 2.24. The molecule has 0 aliphatic heterocycles. The number of anilines is 1. The predicted molar refractivity (Wildman–Crippen MR) is 82.7 cm³/mol. The largest absolute Gasteiger partial charge is 0.357 e. The van der Waals surface area contributed by atoms with E-state index in [1.807, 2.05) is 11.7 Å². The van der Waals surface area contributed by atoms with Crippen LogP contribution in [-0.4, -0.2) is 28.4 Å². The van der Waals surface area contributed by atoms with Gasteiger partial charge in [0, 0.05) is 37.8 Å². The second-order valence-electron chi connectivity index (χ2n) is 6.19. The van der Waals surface area contributed by atoms with Crippen molar-refractivity contribution in [1.82, 2.24) is 15.1 Å². The van der Waals surface area contributed by atoms with Crippen molar-refractivity contribution in [2.45, 2.75) is 60.0 Å². The highest BCUT2D eigenvalue weighted by molar-refractivity contribution is 5.50. The van der Waals surface area contributed by atoms with Gasteiger partial charge in [0.15, 0.2) is 0 Å². The fourth-order valence-electron chi connectivity index (χ4n) is 2.33. The van der Waals surface area contributed by atoms with E-state index in [1.54, 1.807) is 0 Å². The second kappa shape index (κ2) is 6.42. The van der Waals surface area contributed by atoms with Gasteiger partial charge in [-0.2, -0.15) is 5.10 Å². The number of aromatic nitrogens is 2. The third-order valence-corrected chi connectivity index (χ3v) is 3.28. The third-order valence-electron chi connectivity index (χ3n) is 3.28. The molecule has 110 valence electrons. The summed E-state index contributed by atoms with van der Waals surface area (Å²) in [5.41, 5.74) is 2.58. The second-order valence-corrected chi connectivity index (χ2v) is 6.19. The lowest BCUT2D eigenvalue weighted by Gasteiger charge is -2.26. The molecule has 0 saturated heterocycles. The zero-order chi connectivity index (χ0) is 14.6. The molecule has 1 aromatic heterocycles. The van der Waals surface area contributed by atoms with Crippen LogP contribution in [0.4, 0.5) is 5.82 Å². The molecular weight excluding hydrogens is 236 g/mol. The number of hydrogen-bond donors (Lipinski definition) is 1. The maximum atomic E-state index is 4.60. The van der Waals surface area contributed by atoms with Gasteiger partial charge in [-0.1, -0.05) is 6.92 Å². The van der Waals surface area contributed by atoms with E-state index in [0.29, 0.717) is 0 Å². The molecule has 0 bridgehead atoms. The standard InChI is InChI=1S/C15H30N4/c1-8-10-19(9-2)14-13(11-16-15(4,5)6)12(3)17-18(14)7/h16H,8-11H2,1-7H3. The number of nitrogens with one attached hydrogen (secondary N) is 1. The highest BCUT2D eigenvalue weighted by Gasteiger charge is 2.19. The molecule has 1 rings (SSSR count). The summed E-state index contributed by atoms with van der Waals surface area (Å²) in [7, 11) is 2.04.